The zero-order valence-corrected chi connectivity index (χ0v) is 13.3. The van der Waals surface area contributed by atoms with Crippen molar-refractivity contribution in [2.75, 3.05) is 26.7 Å². The summed E-state index contributed by atoms with van der Waals surface area (Å²) in [5, 5.41) is 8.86. The van der Waals surface area contributed by atoms with E-state index in [0.717, 1.165) is 25.9 Å². The highest BCUT2D eigenvalue weighted by molar-refractivity contribution is 7.89. The molecule has 1 N–H and O–H groups in total. The molecule has 1 aromatic carbocycles. The van der Waals surface area contributed by atoms with E-state index in [-0.39, 0.29) is 10.3 Å². The maximum atomic E-state index is 12.3. The van der Waals surface area contributed by atoms with Crippen LogP contribution in [0.1, 0.15) is 25.3 Å². The number of hydrogen-bond donors (Lipinski definition) is 1. The molecule has 0 atom stereocenters. The lowest BCUT2D eigenvalue weighted by Crippen LogP contribution is -2.43. The lowest BCUT2D eigenvalue weighted by Gasteiger charge is -2.37. The van der Waals surface area contributed by atoms with Gasteiger partial charge in [0.15, 0.2) is 0 Å². The molecule has 5 nitrogen and oxygen atoms in total. The molecule has 1 aromatic rings. The second kappa shape index (κ2) is 6.14. The third-order valence-electron chi connectivity index (χ3n) is 4.16. The molecule has 0 bridgehead atoms. The van der Waals surface area contributed by atoms with Crippen LogP contribution in [0, 0.1) is 16.7 Å². The number of nitrogens with one attached hydrogen (secondary N) is 1. The number of nitrogens with zero attached hydrogens (tertiary/aromatic N) is 2. The van der Waals surface area contributed by atoms with Gasteiger partial charge in [0.05, 0.1) is 16.5 Å². The topological polar surface area (TPSA) is 73.2 Å². The summed E-state index contributed by atoms with van der Waals surface area (Å²) in [7, 11) is -1.48. The average molecular weight is 307 g/mol. The minimum Gasteiger partial charge on any atom is -0.306 e. The van der Waals surface area contributed by atoms with Crippen LogP contribution in [0.15, 0.2) is 29.2 Å². The van der Waals surface area contributed by atoms with Crippen LogP contribution in [0.5, 0.6) is 0 Å². The van der Waals surface area contributed by atoms with Crippen molar-refractivity contribution < 1.29 is 8.42 Å². The Morgan fingerprint density at radius 2 is 2.05 bits per heavy atom. The number of rotatable bonds is 4. The lowest BCUT2D eigenvalue weighted by atomic mass is 9.81. The third-order valence-corrected chi connectivity index (χ3v) is 5.56. The van der Waals surface area contributed by atoms with E-state index >= 15 is 0 Å². The van der Waals surface area contributed by atoms with Crippen molar-refractivity contribution in [3.63, 3.8) is 0 Å². The normalized spacial score (nSPS) is 19.1. The van der Waals surface area contributed by atoms with Gasteiger partial charge in [-0.2, -0.15) is 5.26 Å². The van der Waals surface area contributed by atoms with Gasteiger partial charge in [-0.15, -0.1) is 0 Å². The predicted octanol–water partition coefficient (Wildman–Crippen LogP) is 1.57. The van der Waals surface area contributed by atoms with Crippen molar-refractivity contribution in [3.8, 4) is 6.07 Å². The Kier molecular flexibility index (Phi) is 4.67. The Hall–Kier alpha value is -1.42. The fourth-order valence-corrected chi connectivity index (χ4v) is 3.67. The number of nitriles is 1. The van der Waals surface area contributed by atoms with Crippen LogP contribution in [0.4, 0.5) is 0 Å². The number of likely N-dealkylation sites (tertiary alicyclic amines) is 1. The molecule has 0 amide bonds. The molecular formula is C15H21N3O2S. The van der Waals surface area contributed by atoms with Gasteiger partial charge in [0.25, 0.3) is 0 Å². The van der Waals surface area contributed by atoms with Crippen molar-refractivity contribution in [3.05, 3.63) is 29.8 Å². The van der Waals surface area contributed by atoms with Crippen molar-refractivity contribution in [1.82, 2.24) is 9.62 Å². The van der Waals surface area contributed by atoms with Gasteiger partial charge >= 0.3 is 0 Å². The summed E-state index contributed by atoms with van der Waals surface area (Å²) in [6.07, 6.45) is 1.95. The zero-order valence-electron chi connectivity index (χ0n) is 12.5. The van der Waals surface area contributed by atoms with Crippen molar-refractivity contribution in [2.24, 2.45) is 5.41 Å². The van der Waals surface area contributed by atoms with E-state index in [9.17, 15) is 8.42 Å². The molecule has 0 aliphatic carbocycles. The van der Waals surface area contributed by atoms with Crippen molar-refractivity contribution in [1.29, 1.82) is 5.26 Å². The molecule has 1 heterocycles. The average Bonchev–Trinajstić information content (AvgIpc) is 2.49. The third kappa shape index (κ3) is 4.03. The SMILES string of the molecule is CN1CCC(C)(CNS(=O)(=O)c2cccc(C#N)c2)CC1. The van der Waals surface area contributed by atoms with Gasteiger partial charge in [-0.1, -0.05) is 13.0 Å². The molecule has 1 fully saturated rings. The molecular weight excluding hydrogens is 286 g/mol. The molecule has 114 valence electrons. The molecule has 0 spiro atoms. The van der Waals surface area contributed by atoms with Crippen LogP contribution >= 0.6 is 0 Å². The van der Waals surface area contributed by atoms with Gasteiger partial charge in [0.1, 0.15) is 0 Å². The molecule has 6 heteroatoms. The molecule has 1 aliphatic rings. The van der Waals surface area contributed by atoms with E-state index in [1.54, 1.807) is 12.1 Å². The van der Waals surface area contributed by atoms with Gasteiger partial charge in [0.2, 0.25) is 10.0 Å². The molecule has 0 radical (unpaired) electrons. The first-order valence-corrected chi connectivity index (χ1v) is 8.51. The predicted molar refractivity (Wildman–Crippen MR) is 81.2 cm³/mol. The highest BCUT2D eigenvalue weighted by Crippen LogP contribution is 2.29. The van der Waals surface area contributed by atoms with Gasteiger partial charge < -0.3 is 4.90 Å². The Morgan fingerprint density at radius 3 is 2.67 bits per heavy atom. The first-order valence-electron chi connectivity index (χ1n) is 7.03. The van der Waals surface area contributed by atoms with Crippen molar-refractivity contribution >= 4 is 10.0 Å². The largest absolute Gasteiger partial charge is 0.306 e. The van der Waals surface area contributed by atoms with E-state index in [2.05, 4.69) is 23.6 Å². The van der Waals surface area contributed by atoms with Gasteiger partial charge in [-0.3, -0.25) is 0 Å². The van der Waals surface area contributed by atoms with E-state index in [1.807, 2.05) is 6.07 Å². The van der Waals surface area contributed by atoms with E-state index < -0.39 is 10.0 Å². The van der Waals surface area contributed by atoms with Gasteiger partial charge in [0, 0.05) is 6.54 Å². The summed E-state index contributed by atoms with van der Waals surface area (Å²) in [4.78, 5) is 2.41. The Bertz CT molecular complexity index is 641. The fourth-order valence-electron chi connectivity index (χ4n) is 2.42. The van der Waals surface area contributed by atoms with E-state index in [0.29, 0.717) is 12.1 Å². The van der Waals surface area contributed by atoms with E-state index in [1.165, 1.54) is 12.1 Å². The minimum atomic E-state index is -3.56. The second-order valence-electron chi connectivity index (χ2n) is 6.08. The molecule has 0 aromatic heterocycles. The first-order chi connectivity index (χ1) is 9.85. The first kappa shape index (κ1) is 16.0. The fraction of sp³-hybridized carbons (Fsp3) is 0.533. The van der Waals surface area contributed by atoms with Crippen LogP contribution in [0.2, 0.25) is 0 Å². The van der Waals surface area contributed by atoms with Crippen LogP contribution in [0.25, 0.3) is 0 Å². The summed E-state index contributed by atoms with van der Waals surface area (Å²) in [6, 6.07) is 8.06. The molecule has 1 aliphatic heterocycles. The molecule has 21 heavy (non-hydrogen) atoms. The summed E-state index contributed by atoms with van der Waals surface area (Å²) in [5.74, 6) is 0. The molecule has 2 rings (SSSR count). The second-order valence-corrected chi connectivity index (χ2v) is 7.85. The lowest BCUT2D eigenvalue weighted by molar-refractivity contribution is 0.143. The smallest absolute Gasteiger partial charge is 0.240 e. The summed E-state index contributed by atoms with van der Waals surface area (Å²) in [5.41, 5.74) is 0.343. The number of sulfonamides is 1. The Balaban J connectivity index is 2.06. The Labute approximate surface area is 126 Å². The molecule has 1 saturated heterocycles. The van der Waals surface area contributed by atoms with Gasteiger partial charge in [-0.05, 0) is 56.6 Å². The summed E-state index contributed by atoms with van der Waals surface area (Å²) >= 11 is 0. The standard InChI is InChI=1S/C15H21N3O2S/c1-15(6-8-18(2)9-7-15)12-17-21(19,20)14-5-3-4-13(10-14)11-16/h3-5,10,17H,6-9,12H2,1-2H3. The number of piperidine rings is 1. The summed E-state index contributed by atoms with van der Waals surface area (Å²) in [6.45, 7) is 4.53. The molecule has 0 saturated carbocycles. The Morgan fingerprint density at radius 1 is 1.38 bits per heavy atom. The highest BCUT2D eigenvalue weighted by Gasteiger charge is 2.30. The quantitative estimate of drug-likeness (QED) is 0.916. The summed E-state index contributed by atoms with van der Waals surface area (Å²) < 4.78 is 27.3. The maximum Gasteiger partial charge on any atom is 0.240 e. The maximum absolute atomic E-state index is 12.3. The zero-order chi connectivity index (χ0) is 15.5. The molecule has 0 unspecified atom stereocenters. The minimum absolute atomic E-state index is 0.00752. The highest BCUT2D eigenvalue weighted by atomic mass is 32.2. The number of benzene rings is 1. The monoisotopic (exact) mass is 307 g/mol. The van der Waals surface area contributed by atoms with Gasteiger partial charge in [-0.25, -0.2) is 13.1 Å². The van der Waals surface area contributed by atoms with Crippen LogP contribution < -0.4 is 4.72 Å². The van der Waals surface area contributed by atoms with E-state index in [4.69, 9.17) is 5.26 Å². The van der Waals surface area contributed by atoms with Crippen LogP contribution in [0.3, 0.4) is 0 Å². The van der Waals surface area contributed by atoms with Crippen molar-refractivity contribution in [2.45, 2.75) is 24.7 Å². The number of hydrogen-bond acceptors (Lipinski definition) is 4. The van der Waals surface area contributed by atoms with Crippen LogP contribution in [-0.2, 0) is 10.0 Å². The van der Waals surface area contributed by atoms with Crippen LogP contribution in [-0.4, -0.2) is 40.0 Å².